The Hall–Kier alpha value is -1.85. The lowest BCUT2D eigenvalue weighted by atomic mass is 10.3. The second-order valence-electron chi connectivity index (χ2n) is 5.11. The highest BCUT2D eigenvalue weighted by Gasteiger charge is 2.23. The highest BCUT2D eigenvalue weighted by molar-refractivity contribution is 7.62. The molecule has 7 nitrogen and oxygen atoms in total. The van der Waals surface area contributed by atoms with Gasteiger partial charge in [0.25, 0.3) is 0 Å². The lowest BCUT2D eigenvalue weighted by Gasteiger charge is -2.27. The first-order chi connectivity index (χ1) is 9.69. The summed E-state index contributed by atoms with van der Waals surface area (Å²) in [5, 5.41) is 12.5. The van der Waals surface area contributed by atoms with Crippen molar-refractivity contribution in [2.75, 3.05) is 31.6 Å². The minimum Gasteiger partial charge on any atom is -0.322 e. The normalized spacial score (nSPS) is 10.9. The van der Waals surface area contributed by atoms with Crippen LogP contribution in [0, 0.1) is 0 Å². The summed E-state index contributed by atoms with van der Waals surface area (Å²) < 4.78 is 11.9. The molecule has 116 valence electrons. The number of rotatable bonds is 5. The van der Waals surface area contributed by atoms with Crippen LogP contribution in [0.1, 0.15) is 6.92 Å². The lowest BCUT2D eigenvalue weighted by Crippen LogP contribution is -2.44. The molecular formula is C13H20N3O4P. The number of hydrogen-bond acceptors (Lipinski definition) is 4. The SMILES string of the molecule is CC(=O)N(O)CN(CP(C)(C)=O)C(=O)Nc1ccccc1. The van der Waals surface area contributed by atoms with E-state index < -0.39 is 19.1 Å². The maximum Gasteiger partial charge on any atom is 0.323 e. The molecule has 1 rings (SSSR count). The summed E-state index contributed by atoms with van der Waals surface area (Å²) in [6, 6.07) is 8.21. The fourth-order valence-electron chi connectivity index (χ4n) is 1.57. The Morgan fingerprint density at radius 1 is 1.24 bits per heavy atom. The maximum absolute atomic E-state index is 12.2. The second kappa shape index (κ2) is 7.24. The monoisotopic (exact) mass is 313 g/mol. The third-order valence-corrected chi connectivity index (χ3v) is 3.51. The van der Waals surface area contributed by atoms with E-state index in [4.69, 9.17) is 0 Å². The maximum atomic E-state index is 12.2. The molecule has 1 aromatic rings. The van der Waals surface area contributed by atoms with Crippen molar-refractivity contribution in [3.63, 3.8) is 0 Å². The molecule has 21 heavy (non-hydrogen) atoms. The van der Waals surface area contributed by atoms with Crippen molar-refractivity contribution in [3.05, 3.63) is 30.3 Å². The summed E-state index contributed by atoms with van der Waals surface area (Å²) in [6.45, 7) is 3.89. The number of urea groups is 1. The van der Waals surface area contributed by atoms with Crippen LogP contribution < -0.4 is 5.32 Å². The Kier molecular flexibility index (Phi) is 5.93. The van der Waals surface area contributed by atoms with Gasteiger partial charge in [0.1, 0.15) is 13.8 Å². The van der Waals surface area contributed by atoms with Crippen molar-refractivity contribution < 1.29 is 19.4 Å². The highest BCUT2D eigenvalue weighted by Crippen LogP contribution is 2.36. The van der Waals surface area contributed by atoms with Crippen LogP contribution in [0.15, 0.2) is 30.3 Å². The van der Waals surface area contributed by atoms with Gasteiger partial charge in [-0.3, -0.25) is 14.9 Å². The minimum atomic E-state index is -2.55. The Balaban J connectivity index is 2.82. The van der Waals surface area contributed by atoms with Gasteiger partial charge in [-0.05, 0) is 25.5 Å². The predicted molar refractivity (Wildman–Crippen MR) is 80.8 cm³/mol. The number of hydrogen-bond donors (Lipinski definition) is 2. The Morgan fingerprint density at radius 3 is 2.29 bits per heavy atom. The number of anilines is 1. The molecule has 0 fully saturated rings. The summed E-state index contributed by atoms with van der Waals surface area (Å²) in [5.74, 6) is -0.602. The Morgan fingerprint density at radius 2 is 1.81 bits per heavy atom. The van der Waals surface area contributed by atoms with Crippen LogP contribution in [0.4, 0.5) is 10.5 Å². The average Bonchev–Trinajstić information content (AvgIpc) is 2.37. The van der Waals surface area contributed by atoms with Gasteiger partial charge in [0.15, 0.2) is 0 Å². The first-order valence-electron chi connectivity index (χ1n) is 6.31. The molecule has 0 saturated heterocycles. The van der Waals surface area contributed by atoms with E-state index in [-0.39, 0.29) is 13.0 Å². The number of carbonyl (C=O) groups excluding carboxylic acids is 2. The van der Waals surface area contributed by atoms with Crippen molar-refractivity contribution in [3.8, 4) is 0 Å². The van der Waals surface area contributed by atoms with Gasteiger partial charge >= 0.3 is 6.03 Å². The van der Waals surface area contributed by atoms with Crippen LogP contribution in [0.5, 0.6) is 0 Å². The van der Waals surface area contributed by atoms with Crippen LogP contribution >= 0.6 is 7.14 Å². The molecule has 0 spiro atoms. The summed E-state index contributed by atoms with van der Waals surface area (Å²) in [5.41, 5.74) is 0.571. The lowest BCUT2D eigenvalue weighted by molar-refractivity contribution is -0.168. The van der Waals surface area contributed by atoms with Crippen molar-refractivity contribution >= 4 is 24.8 Å². The number of hydroxylamine groups is 2. The van der Waals surface area contributed by atoms with E-state index >= 15 is 0 Å². The summed E-state index contributed by atoms with van der Waals surface area (Å²) >= 11 is 0. The number of benzene rings is 1. The second-order valence-corrected chi connectivity index (χ2v) is 8.54. The number of carbonyl (C=O) groups is 2. The zero-order valence-corrected chi connectivity index (χ0v) is 13.2. The highest BCUT2D eigenvalue weighted by atomic mass is 31.2. The van der Waals surface area contributed by atoms with Gasteiger partial charge in [-0.1, -0.05) is 18.2 Å². The van der Waals surface area contributed by atoms with Gasteiger partial charge in [0.05, 0.1) is 6.29 Å². The molecule has 8 heteroatoms. The molecule has 0 bridgehead atoms. The topological polar surface area (TPSA) is 90.0 Å². The third-order valence-electron chi connectivity index (χ3n) is 2.49. The van der Waals surface area contributed by atoms with Crippen molar-refractivity contribution in [1.29, 1.82) is 0 Å². The van der Waals surface area contributed by atoms with E-state index in [2.05, 4.69) is 5.32 Å². The van der Waals surface area contributed by atoms with E-state index in [1.165, 1.54) is 20.3 Å². The van der Waals surface area contributed by atoms with Crippen LogP contribution in [0.2, 0.25) is 0 Å². The molecule has 0 aliphatic heterocycles. The molecule has 0 aliphatic rings. The van der Waals surface area contributed by atoms with E-state index in [0.29, 0.717) is 10.8 Å². The van der Waals surface area contributed by atoms with Crippen molar-refractivity contribution in [1.82, 2.24) is 9.96 Å². The molecule has 0 saturated carbocycles. The van der Waals surface area contributed by atoms with Crippen LogP contribution in [-0.4, -0.2) is 53.4 Å². The quantitative estimate of drug-likeness (QED) is 0.378. The van der Waals surface area contributed by atoms with Gasteiger partial charge < -0.3 is 9.88 Å². The summed E-state index contributed by atoms with van der Waals surface area (Å²) in [6.07, 6.45) is -0.0456. The third kappa shape index (κ3) is 6.42. The van der Waals surface area contributed by atoms with Gasteiger partial charge in [-0.25, -0.2) is 9.86 Å². The molecule has 0 radical (unpaired) electrons. The molecular weight excluding hydrogens is 293 g/mol. The van der Waals surface area contributed by atoms with Crippen LogP contribution in [-0.2, 0) is 9.36 Å². The Bertz CT molecular complexity index is 544. The van der Waals surface area contributed by atoms with E-state index in [0.717, 1.165) is 4.90 Å². The summed E-state index contributed by atoms with van der Waals surface area (Å²) in [4.78, 5) is 24.4. The van der Waals surface area contributed by atoms with Gasteiger partial charge in [-0.2, -0.15) is 0 Å². The van der Waals surface area contributed by atoms with E-state index in [1.807, 2.05) is 6.07 Å². The molecule has 0 aliphatic carbocycles. The Labute approximate surface area is 123 Å². The van der Waals surface area contributed by atoms with Crippen molar-refractivity contribution in [2.45, 2.75) is 6.92 Å². The molecule has 2 N–H and O–H groups in total. The smallest absolute Gasteiger partial charge is 0.322 e. The number of amides is 3. The fraction of sp³-hybridized carbons (Fsp3) is 0.385. The number of para-hydroxylation sites is 1. The van der Waals surface area contributed by atoms with Crippen LogP contribution in [0.3, 0.4) is 0 Å². The van der Waals surface area contributed by atoms with Crippen LogP contribution in [0.25, 0.3) is 0 Å². The first kappa shape index (κ1) is 17.2. The minimum absolute atomic E-state index is 0.0456. The number of nitrogens with zero attached hydrogens (tertiary/aromatic N) is 2. The molecule has 3 amide bonds. The molecule has 0 aromatic heterocycles. The predicted octanol–water partition coefficient (Wildman–Crippen LogP) is 2.30. The summed E-state index contributed by atoms with van der Waals surface area (Å²) in [7, 11) is -2.55. The van der Waals surface area contributed by atoms with Gasteiger partial charge in [-0.15, -0.1) is 0 Å². The average molecular weight is 313 g/mol. The zero-order valence-electron chi connectivity index (χ0n) is 12.3. The first-order valence-corrected chi connectivity index (χ1v) is 9.09. The molecule has 0 unspecified atom stereocenters. The molecule has 0 heterocycles. The fourth-order valence-corrected chi connectivity index (χ4v) is 2.61. The largest absolute Gasteiger partial charge is 0.323 e. The number of nitrogens with one attached hydrogen (secondary N) is 1. The zero-order chi connectivity index (χ0) is 16.0. The standard InChI is InChI=1S/C13H20N3O4P/c1-11(17)16(19)9-15(10-21(2,3)20)13(18)14-12-7-5-4-6-8-12/h4-8,19H,9-10H2,1-3H3,(H,14,18). The van der Waals surface area contributed by atoms with Gasteiger partial charge in [0.2, 0.25) is 5.91 Å². The molecule has 1 aromatic carbocycles. The van der Waals surface area contributed by atoms with Crippen molar-refractivity contribution in [2.24, 2.45) is 0 Å². The van der Waals surface area contributed by atoms with Gasteiger partial charge in [0, 0.05) is 12.6 Å². The van der Waals surface area contributed by atoms with E-state index in [9.17, 15) is 19.4 Å². The molecule has 0 atom stereocenters. The van der Waals surface area contributed by atoms with E-state index in [1.54, 1.807) is 24.3 Å².